The van der Waals surface area contributed by atoms with E-state index in [-0.39, 0.29) is 18.2 Å². The molecule has 0 aliphatic rings. The number of fused-ring (bicyclic) bond motifs is 1. The highest BCUT2D eigenvalue weighted by atomic mass is 16.5. The topological polar surface area (TPSA) is 71.2 Å². The lowest BCUT2D eigenvalue weighted by Gasteiger charge is -2.08. The number of carbonyl (C=O) groups is 2. The van der Waals surface area contributed by atoms with Gasteiger partial charge in [-0.3, -0.25) is 4.79 Å². The Kier molecular flexibility index (Phi) is 5.12. The molecule has 144 valence electrons. The maximum atomic E-state index is 12.9. The number of aromatic nitrogens is 1. The van der Waals surface area contributed by atoms with Gasteiger partial charge < -0.3 is 15.0 Å². The average Bonchev–Trinajstić information content (AvgIpc) is 3.13. The zero-order chi connectivity index (χ0) is 20.2. The summed E-state index contributed by atoms with van der Waals surface area (Å²) in [5.74, 6) is -0.793. The third-order valence-corrected chi connectivity index (χ3v) is 4.68. The molecule has 29 heavy (non-hydrogen) atoms. The Morgan fingerprint density at radius 1 is 0.862 bits per heavy atom. The van der Waals surface area contributed by atoms with E-state index in [1.807, 2.05) is 66.7 Å². The Hall–Kier alpha value is -3.86. The molecule has 0 saturated carbocycles. The smallest absolute Gasteiger partial charge is 0.356 e. The minimum absolute atomic E-state index is 0.238. The molecule has 3 aromatic carbocycles. The number of para-hydroxylation sites is 1. The van der Waals surface area contributed by atoms with Gasteiger partial charge in [0.2, 0.25) is 0 Å². The van der Waals surface area contributed by atoms with Crippen molar-refractivity contribution in [1.29, 1.82) is 0 Å². The molecule has 5 heteroatoms. The van der Waals surface area contributed by atoms with Gasteiger partial charge in [-0.05, 0) is 36.2 Å². The number of esters is 1. The van der Waals surface area contributed by atoms with E-state index in [1.165, 1.54) is 0 Å². The fourth-order valence-corrected chi connectivity index (χ4v) is 3.26. The summed E-state index contributed by atoms with van der Waals surface area (Å²) in [7, 11) is 0. The second-order valence-corrected chi connectivity index (χ2v) is 6.54. The van der Waals surface area contributed by atoms with Crippen LogP contribution in [0.3, 0.4) is 0 Å². The number of nitrogens with one attached hydrogen (secondary N) is 2. The summed E-state index contributed by atoms with van der Waals surface area (Å²) >= 11 is 0. The Balaban J connectivity index is 1.63. The van der Waals surface area contributed by atoms with Gasteiger partial charge in [0.15, 0.2) is 0 Å². The number of rotatable bonds is 5. The lowest BCUT2D eigenvalue weighted by atomic mass is 10.0. The fourth-order valence-electron chi connectivity index (χ4n) is 3.26. The molecule has 1 amide bonds. The first-order valence-electron chi connectivity index (χ1n) is 9.42. The molecule has 0 aliphatic heterocycles. The molecule has 0 spiro atoms. The van der Waals surface area contributed by atoms with Crippen molar-refractivity contribution >= 4 is 28.5 Å². The number of benzene rings is 3. The zero-order valence-electron chi connectivity index (χ0n) is 15.9. The molecule has 5 nitrogen and oxygen atoms in total. The van der Waals surface area contributed by atoms with Crippen LogP contribution < -0.4 is 5.32 Å². The molecule has 4 rings (SSSR count). The molecule has 4 aromatic rings. The second kappa shape index (κ2) is 8.02. The zero-order valence-corrected chi connectivity index (χ0v) is 15.9. The van der Waals surface area contributed by atoms with Gasteiger partial charge in [0.25, 0.3) is 5.91 Å². The van der Waals surface area contributed by atoms with Crippen molar-refractivity contribution in [2.45, 2.75) is 6.92 Å². The Morgan fingerprint density at radius 3 is 2.24 bits per heavy atom. The van der Waals surface area contributed by atoms with E-state index < -0.39 is 5.97 Å². The van der Waals surface area contributed by atoms with Gasteiger partial charge in [-0.2, -0.15) is 0 Å². The molecule has 1 aromatic heterocycles. The Labute approximate surface area is 168 Å². The predicted molar refractivity (Wildman–Crippen MR) is 114 cm³/mol. The third-order valence-electron chi connectivity index (χ3n) is 4.68. The molecular weight excluding hydrogens is 364 g/mol. The van der Waals surface area contributed by atoms with Gasteiger partial charge in [0, 0.05) is 16.5 Å². The van der Waals surface area contributed by atoms with E-state index in [9.17, 15) is 9.59 Å². The van der Waals surface area contributed by atoms with E-state index >= 15 is 0 Å². The standard InChI is InChI=1S/C24H20N2O3/c1-2-29-24(28)22-21(19-10-6-7-11-20(19)25-22)26-23(27)18-14-12-17(13-15-18)16-8-4-3-5-9-16/h3-15,25H,2H2,1H3,(H,26,27). The largest absolute Gasteiger partial charge is 0.461 e. The van der Waals surface area contributed by atoms with Crippen molar-refractivity contribution in [2.75, 3.05) is 11.9 Å². The maximum Gasteiger partial charge on any atom is 0.356 e. The van der Waals surface area contributed by atoms with E-state index in [1.54, 1.807) is 19.1 Å². The van der Waals surface area contributed by atoms with Crippen LogP contribution in [0.25, 0.3) is 22.0 Å². The minimum atomic E-state index is -0.501. The summed E-state index contributed by atoms with van der Waals surface area (Å²) in [4.78, 5) is 28.3. The molecule has 0 atom stereocenters. The van der Waals surface area contributed by atoms with Crippen LogP contribution in [0, 0.1) is 0 Å². The van der Waals surface area contributed by atoms with Gasteiger partial charge in [-0.1, -0.05) is 60.7 Å². The van der Waals surface area contributed by atoms with Crippen molar-refractivity contribution in [1.82, 2.24) is 4.98 Å². The van der Waals surface area contributed by atoms with Crippen LogP contribution in [-0.2, 0) is 4.74 Å². The number of amides is 1. The van der Waals surface area contributed by atoms with Crippen LogP contribution in [0.1, 0.15) is 27.8 Å². The average molecular weight is 384 g/mol. The second-order valence-electron chi connectivity index (χ2n) is 6.54. The highest BCUT2D eigenvalue weighted by Crippen LogP contribution is 2.29. The summed E-state index contributed by atoms with van der Waals surface area (Å²) in [5.41, 5.74) is 4.04. The summed E-state index contributed by atoms with van der Waals surface area (Å²) in [6.45, 7) is 2.00. The van der Waals surface area contributed by atoms with E-state index in [0.717, 1.165) is 22.0 Å². The molecule has 1 heterocycles. The van der Waals surface area contributed by atoms with Crippen LogP contribution in [-0.4, -0.2) is 23.5 Å². The van der Waals surface area contributed by atoms with Crippen LogP contribution in [0.15, 0.2) is 78.9 Å². The van der Waals surface area contributed by atoms with Gasteiger partial charge in [-0.25, -0.2) is 4.79 Å². The Morgan fingerprint density at radius 2 is 1.52 bits per heavy atom. The van der Waals surface area contributed by atoms with Gasteiger partial charge in [0.1, 0.15) is 5.69 Å². The van der Waals surface area contributed by atoms with Crippen molar-refractivity contribution in [3.63, 3.8) is 0 Å². The van der Waals surface area contributed by atoms with Gasteiger partial charge in [0.05, 0.1) is 12.3 Å². The first-order chi connectivity index (χ1) is 14.2. The number of hydrogen-bond acceptors (Lipinski definition) is 3. The number of anilines is 1. The summed E-state index contributed by atoms with van der Waals surface area (Å²) in [5, 5.41) is 3.63. The summed E-state index contributed by atoms with van der Waals surface area (Å²) in [6.07, 6.45) is 0. The summed E-state index contributed by atoms with van der Waals surface area (Å²) in [6, 6.07) is 24.7. The predicted octanol–water partition coefficient (Wildman–Crippen LogP) is 5.26. The molecule has 2 N–H and O–H groups in total. The van der Waals surface area contributed by atoms with E-state index in [2.05, 4.69) is 10.3 Å². The maximum absolute atomic E-state index is 12.9. The van der Waals surface area contributed by atoms with Crippen LogP contribution >= 0.6 is 0 Å². The molecule has 0 saturated heterocycles. The van der Waals surface area contributed by atoms with Crippen LogP contribution in [0.4, 0.5) is 5.69 Å². The quantitative estimate of drug-likeness (QED) is 0.461. The first-order valence-corrected chi connectivity index (χ1v) is 9.42. The van der Waals surface area contributed by atoms with Crippen molar-refractivity contribution in [3.8, 4) is 11.1 Å². The molecule has 0 radical (unpaired) electrons. The number of ether oxygens (including phenoxy) is 1. The lowest BCUT2D eigenvalue weighted by Crippen LogP contribution is -2.15. The lowest BCUT2D eigenvalue weighted by molar-refractivity contribution is 0.0522. The number of carbonyl (C=O) groups excluding carboxylic acids is 2. The highest BCUT2D eigenvalue weighted by molar-refractivity contribution is 6.14. The van der Waals surface area contributed by atoms with Crippen LogP contribution in [0.5, 0.6) is 0 Å². The molecular formula is C24H20N2O3. The fraction of sp³-hybridized carbons (Fsp3) is 0.0833. The molecule has 0 bridgehead atoms. The van der Waals surface area contributed by atoms with E-state index in [4.69, 9.17) is 4.74 Å². The van der Waals surface area contributed by atoms with Crippen molar-refractivity contribution in [3.05, 3.63) is 90.1 Å². The number of aromatic amines is 1. The monoisotopic (exact) mass is 384 g/mol. The molecule has 0 fully saturated rings. The van der Waals surface area contributed by atoms with Gasteiger partial charge in [-0.15, -0.1) is 0 Å². The normalized spacial score (nSPS) is 10.7. The van der Waals surface area contributed by atoms with Crippen LogP contribution in [0.2, 0.25) is 0 Å². The first kappa shape index (κ1) is 18.5. The molecule has 0 aliphatic carbocycles. The highest BCUT2D eigenvalue weighted by Gasteiger charge is 2.21. The summed E-state index contributed by atoms with van der Waals surface area (Å²) < 4.78 is 5.13. The van der Waals surface area contributed by atoms with Crippen molar-refractivity contribution in [2.24, 2.45) is 0 Å². The van der Waals surface area contributed by atoms with Crippen molar-refractivity contribution < 1.29 is 14.3 Å². The SMILES string of the molecule is CCOC(=O)c1[nH]c2ccccc2c1NC(=O)c1ccc(-c2ccccc2)cc1. The van der Waals surface area contributed by atoms with Gasteiger partial charge >= 0.3 is 5.97 Å². The van der Waals surface area contributed by atoms with E-state index in [0.29, 0.717) is 11.3 Å². The third kappa shape index (κ3) is 3.75. The number of H-pyrrole nitrogens is 1. The minimum Gasteiger partial charge on any atom is -0.461 e. The Bertz CT molecular complexity index is 1160. The number of hydrogen-bond donors (Lipinski definition) is 2. The molecule has 0 unspecified atom stereocenters.